The summed E-state index contributed by atoms with van der Waals surface area (Å²) < 4.78 is 0. The van der Waals surface area contributed by atoms with Crippen molar-refractivity contribution in [3.63, 3.8) is 0 Å². The lowest BCUT2D eigenvalue weighted by molar-refractivity contribution is 0.527. The van der Waals surface area contributed by atoms with Crippen LogP contribution in [0.2, 0.25) is 0 Å². The first-order valence-corrected chi connectivity index (χ1v) is 12.6. The van der Waals surface area contributed by atoms with E-state index in [1.165, 1.54) is 133 Å². The van der Waals surface area contributed by atoms with Crippen LogP contribution in [0, 0.1) is 6.42 Å². The van der Waals surface area contributed by atoms with Crippen molar-refractivity contribution in [3.8, 4) is 0 Å². The Morgan fingerprint density at radius 2 is 0.929 bits per heavy atom. The maximum atomic E-state index is 2.44. The molecule has 2 aliphatic rings. The monoisotopic (exact) mass is 379 g/mol. The van der Waals surface area contributed by atoms with Gasteiger partial charge in [-0.05, 0) is 47.9 Å². The molecule has 0 heteroatoms. The van der Waals surface area contributed by atoms with Crippen molar-refractivity contribution in [2.75, 3.05) is 0 Å². The summed E-state index contributed by atoms with van der Waals surface area (Å²) in [6.07, 6.45) is 34.1. The van der Waals surface area contributed by atoms with Crippen LogP contribution in [-0.4, -0.2) is 0 Å². The fraction of sp³-hybridized carbons (Fsp3) is 0.679. The van der Waals surface area contributed by atoms with E-state index in [2.05, 4.69) is 30.7 Å². The molecule has 0 bridgehead atoms. The molecule has 1 aromatic rings. The second kappa shape index (κ2) is 13.2. The molecule has 0 heterocycles. The van der Waals surface area contributed by atoms with Crippen LogP contribution in [0.1, 0.15) is 131 Å². The molecule has 0 unspecified atom stereocenters. The number of aryl methyl sites for hydroxylation is 1. The second-order valence-corrected chi connectivity index (χ2v) is 9.24. The summed E-state index contributed by atoms with van der Waals surface area (Å²) in [5.74, 6) is 0. The molecular weight excluding hydrogens is 336 g/mol. The van der Waals surface area contributed by atoms with Crippen molar-refractivity contribution >= 4 is 6.08 Å². The van der Waals surface area contributed by atoms with Gasteiger partial charge in [-0.2, -0.15) is 0 Å². The van der Waals surface area contributed by atoms with Gasteiger partial charge in [0.1, 0.15) is 0 Å². The second-order valence-electron chi connectivity index (χ2n) is 9.24. The fourth-order valence-electron chi connectivity index (χ4n) is 5.12. The molecule has 0 atom stereocenters. The molecule has 1 aromatic carbocycles. The first-order chi connectivity index (χ1) is 13.9. The van der Waals surface area contributed by atoms with Gasteiger partial charge in [-0.3, -0.25) is 0 Å². The SMILES string of the molecule is [CH]1C=Cc2c1ccc1c2CCCCCCCCCCCCCCCCCCC1. The molecule has 0 spiro atoms. The van der Waals surface area contributed by atoms with E-state index in [0.717, 1.165) is 0 Å². The van der Waals surface area contributed by atoms with Crippen LogP contribution in [0.15, 0.2) is 18.2 Å². The van der Waals surface area contributed by atoms with E-state index in [4.69, 9.17) is 0 Å². The molecule has 0 aliphatic heterocycles. The summed E-state index contributed by atoms with van der Waals surface area (Å²) in [6.45, 7) is 0. The summed E-state index contributed by atoms with van der Waals surface area (Å²) in [5, 5.41) is 0. The zero-order chi connectivity index (χ0) is 19.3. The highest BCUT2D eigenvalue weighted by atomic mass is 14.2. The maximum Gasteiger partial charge on any atom is 0.0131 e. The van der Waals surface area contributed by atoms with E-state index in [1.54, 1.807) is 11.1 Å². The maximum absolute atomic E-state index is 2.44. The van der Waals surface area contributed by atoms with E-state index >= 15 is 0 Å². The van der Waals surface area contributed by atoms with Gasteiger partial charge < -0.3 is 0 Å². The minimum Gasteiger partial charge on any atom is -0.0754 e. The lowest BCUT2D eigenvalue weighted by atomic mass is 9.90. The molecule has 1 radical (unpaired) electrons. The molecule has 0 aromatic heterocycles. The third-order valence-corrected chi connectivity index (χ3v) is 6.90. The summed E-state index contributed by atoms with van der Waals surface area (Å²) >= 11 is 0. The smallest absolute Gasteiger partial charge is 0.0131 e. The van der Waals surface area contributed by atoms with Crippen molar-refractivity contribution in [2.45, 2.75) is 122 Å². The number of hydrogen-bond acceptors (Lipinski definition) is 0. The Hall–Kier alpha value is -1.04. The molecule has 0 N–H and O–H groups in total. The Balaban J connectivity index is 1.52. The van der Waals surface area contributed by atoms with Crippen molar-refractivity contribution < 1.29 is 0 Å². The molecule has 0 saturated carbocycles. The number of fused-ring (bicyclic) bond motifs is 3. The van der Waals surface area contributed by atoms with Crippen LogP contribution in [0.25, 0.3) is 6.08 Å². The predicted octanol–water partition coefficient (Wildman–Crippen LogP) is 9.00. The zero-order valence-electron chi connectivity index (χ0n) is 18.3. The minimum atomic E-state index is 1.29. The zero-order valence-corrected chi connectivity index (χ0v) is 18.3. The van der Waals surface area contributed by atoms with Crippen LogP contribution < -0.4 is 0 Å². The Morgan fingerprint density at radius 1 is 0.464 bits per heavy atom. The number of rotatable bonds is 0. The summed E-state index contributed by atoms with van der Waals surface area (Å²) in [5.41, 5.74) is 6.30. The van der Waals surface area contributed by atoms with Crippen molar-refractivity contribution in [1.82, 2.24) is 0 Å². The first kappa shape index (κ1) is 21.7. The summed E-state index contributed by atoms with van der Waals surface area (Å²) in [7, 11) is 0. The van der Waals surface area contributed by atoms with Crippen molar-refractivity contribution in [1.29, 1.82) is 0 Å². The molecule has 0 nitrogen and oxygen atoms in total. The lowest BCUT2D eigenvalue weighted by Gasteiger charge is -2.15. The van der Waals surface area contributed by atoms with Gasteiger partial charge in [0, 0.05) is 6.42 Å². The van der Waals surface area contributed by atoms with Gasteiger partial charge in [0.05, 0.1) is 0 Å². The predicted molar refractivity (Wildman–Crippen MR) is 125 cm³/mol. The van der Waals surface area contributed by atoms with Crippen molar-refractivity contribution in [2.24, 2.45) is 0 Å². The van der Waals surface area contributed by atoms with Gasteiger partial charge >= 0.3 is 0 Å². The topological polar surface area (TPSA) is 0 Å². The Labute approximate surface area is 175 Å². The number of hydrogen-bond donors (Lipinski definition) is 0. The van der Waals surface area contributed by atoms with Crippen LogP contribution in [0.4, 0.5) is 0 Å². The third kappa shape index (κ3) is 7.41. The fourth-order valence-corrected chi connectivity index (χ4v) is 5.12. The lowest BCUT2D eigenvalue weighted by Crippen LogP contribution is -2.00. The molecular formula is C28H43. The summed E-state index contributed by atoms with van der Waals surface area (Å²) in [6, 6.07) is 4.79. The van der Waals surface area contributed by atoms with E-state index in [-0.39, 0.29) is 0 Å². The average Bonchev–Trinajstić information content (AvgIpc) is 3.19. The van der Waals surface area contributed by atoms with Gasteiger partial charge in [0.25, 0.3) is 0 Å². The van der Waals surface area contributed by atoms with Gasteiger partial charge in [-0.15, -0.1) is 0 Å². The normalized spacial score (nSPS) is 21.4. The van der Waals surface area contributed by atoms with Gasteiger partial charge in [0.15, 0.2) is 0 Å². The van der Waals surface area contributed by atoms with Crippen LogP contribution in [0.5, 0.6) is 0 Å². The van der Waals surface area contributed by atoms with Gasteiger partial charge in [-0.1, -0.05) is 121 Å². The largest absolute Gasteiger partial charge is 0.0754 e. The quantitative estimate of drug-likeness (QED) is 0.422. The third-order valence-electron chi connectivity index (χ3n) is 6.90. The van der Waals surface area contributed by atoms with E-state index in [1.807, 2.05) is 0 Å². The number of benzene rings is 1. The Bertz CT molecular complexity index is 580. The van der Waals surface area contributed by atoms with Crippen LogP contribution in [-0.2, 0) is 12.8 Å². The molecule has 155 valence electrons. The highest BCUT2D eigenvalue weighted by Crippen LogP contribution is 2.30. The summed E-state index contributed by atoms with van der Waals surface area (Å²) in [4.78, 5) is 0. The number of allylic oxidation sites excluding steroid dienone is 1. The highest BCUT2D eigenvalue weighted by Gasteiger charge is 2.14. The molecule has 3 rings (SSSR count). The standard InChI is InChI=1S/C28H43/c1-2-4-6-8-10-12-14-16-19-25-23-24-26-20-18-22-28(26)27(25)21-17-15-13-11-9-7-5-3-1/h18,20,22-24H,1-17,19,21H2. The van der Waals surface area contributed by atoms with E-state index in [9.17, 15) is 0 Å². The molecule has 0 amide bonds. The van der Waals surface area contributed by atoms with E-state index < -0.39 is 0 Å². The van der Waals surface area contributed by atoms with E-state index in [0.29, 0.717) is 0 Å². The Morgan fingerprint density at radius 3 is 1.46 bits per heavy atom. The molecule has 28 heavy (non-hydrogen) atoms. The van der Waals surface area contributed by atoms with Crippen molar-refractivity contribution in [3.05, 3.63) is 46.9 Å². The average molecular weight is 380 g/mol. The molecule has 2 aliphatic carbocycles. The highest BCUT2D eigenvalue weighted by molar-refractivity contribution is 5.69. The van der Waals surface area contributed by atoms with Gasteiger partial charge in [-0.25, -0.2) is 0 Å². The van der Waals surface area contributed by atoms with Crippen LogP contribution >= 0.6 is 0 Å². The molecule has 0 saturated heterocycles. The first-order valence-electron chi connectivity index (χ1n) is 12.6. The van der Waals surface area contributed by atoms with Crippen LogP contribution in [0.3, 0.4) is 0 Å². The van der Waals surface area contributed by atoms with Gasteiger partial charge in [0.2, 0.25) is 0 Å². The Kier molecular flexibility index (Phi) is 10.2. The molecule has 0 fully saturated rings. The minimum absolute atomic E-state index is 1.29.